The molecular formula is C22H37NO4. The summed E-state index contributed by atoms with van der Waals surface area (Å²) in [5.41, 5.74) is 0.884. The summed E-state index contributed by atoms with van der Waals surface area (Å²) in [6.45, 7) is 8.15. The Hall–Kier alpha value is -1.49. The van der Waals surface area contributed by atoms with Gasteiger partial charge in [-0.05, 0) is 43.9 Å². The second-order valence-electron chi connectivity index (χ2n) is 8.25. The quantitative estimate of drug-likeness (QED) is 0.391. The van der Waals surface area contributed by atoms with Crippen molar-refractivity contribution in [1.29, 1.82) is 0 Å². The van der Waals surface area contributed by atoms with Crippen LogP contribution in [0.5, 0.6) is 0 Å². The molecule has 1 aliphatic rings. The monoisotopic (exact) mass is 379 g/mol. The maximum absolute atomic E-state index is 13.1. The molecule has 0 radical (unpaired) electrons. The summed E-state index contributed by atoms with van der Waals surface area (Å²) >= 11 is 0. The number of aliphatic hydroxyl groups is 2. The van der Waals surface area contributed by atoms with Gasteiger partial charge in [-0.2, -0.15) is 0 Å². The highest BCUT2D eigenvalue weighted by Crippen LogP contribution is 2.39. The van der Waals surface area contributed by atoms with Gasteiger partial charge in [0, 0.05) is 31.7 Å². The lowest BCUT2D eigenvalue weighted by molar-refractivity contribution is -0.131. The van der Waals surface area contributed by atoms with Crippen molar-refractivity contribution >= 4 is 17.3 Å². The van der Waals surface area contributed by atoms with Gasteiger partial charge in [0.25, 0.3) is 0 Å². The number of aliphatic hydroxyl groups excluding tert-OH is 2. The second kappa shape index (κ2) is 11.4. The molecule has 154 valence electrons. The van der Waals surface area contributed by atoms with Crippen LogP contribution in [0, 0.1) is 23.7 Å². The molecule has 1 aliphatic carbocycles. The molecule has 0 saturated carbocycles. The Kier molecular flexibility index (Phi) is 9.92. The molecule has 27 heavy (non-hydrogen) atoms. The van der Waals surface area contributed by atoms with Gasteiger partial charge >= 0.3 is 0 Å². The van der Waals surface area contributed by atoms with Gasteiger partial charge < -0.3 is 10.2 Å². The van der Waals surface area contributed by atoms with Crippen molar-refractivity contribution in [3.8, 4) is 0 Å². The molecule has 1 rings (SSSR count). The number of carbonyl (C=O) groups excluding carboxylic acids is 2. The molecule has 0 spiro atoms. The highest BCUT2D eigenvalue weighted by atomic mass is 16.3. The molecule has 0 aromatic heterocycles. The van der Waals surface area contributed by atoms with E-state index in [9.17, 15) is 19.8 Å². The summed E-state index contributed by atoms with van der Waals surface area (Å²) in [4.78, 5) is 30.2. The third-order valence-corrected chi connectivity index (χ3v) is 5.46. The molecule has 2 N–H and O–H groups in total. The number of hydrogen-bond donors (Lipinski definition) is 2. The zero-order chi connectivity index (χ0) is 20.6. The average Bonchev–Trinajstić information content (AvgIpc) is 2.89. The minimum Gasteiger partial charge on any atom is -0.511 e. The lowest BCUT2D eigenvalue weighted by atomic mass is 9.82. The Balaban J connectivity index is 3.13. The first kappa shape index (κ1) is 23.5. The van der Waals surface area contributed by atoms with E-state index in [1.54, 1.807) is 7.05 Å². The Bertz CT molecular complexity index is 577. The van der Waals surface area contributed by atoms with Crippen molar-refractivity contribution in [2.45, 2.75) is 72.6 Å². The van der Waals surface area contributed by atoms with Crippen LogP contribution in [-0.4, -0.2) is 41.1 Å². The number of ketones is 2. The molecule has 0 saturated heterocycles. The van der Waals surface area contributed by atoms with Crippen molar-refractivity contribution in [3.63, 3.8) is 0 Å². The minimum absolute atomic E-state index is 0.0322. The molecule has 0 aromatic rings. The predicted molar refractivity (Wildman–Crippen MR) is 109 cm³/mol. The Morgan fingerprint density at radius 1 is 1.19 bits per heavy atom. The second-order valence-corrected chi connectivity index (χ2v) is 8.25. The Morgan fingerprint density at radius 3 is 2.37 bits per heavy atom. The number of hydrogen-bond acceptors (Lipinski definition) is 5. The summed E-state index contributed by atoms with van der Waals surface area (Å²) in [7, 11) is 1.63. The molecular weight excluding hydrogens is 342 g/mol. The van der Waals surface area contributed by atoms with E-state index in [0.29, 0.717) is 37.3 Å². The van der Waals surface area contributed by atoms with Gasteiger partial charge in [0.15, 0.2) is 5.78 Å². The zero-order valence-electron chi connectivity index (χ0n) is 17.6. The number of aliphatic imine (C=N–C) groups is 1. The molecule has 0 aliphatic heterocycles. The van der Waals surface area contributed by atoms with Crippen molar-refractivity contribution in [2.24, 2.45) is 28.7 Å². The van der Waals surface area contributed by atoms with Gasteiger partial charge in [-0.15, -0.1) is 0 Å². The minimum atomic E-state index is -0.803. The summed E-state index contributed by atoms with van der Waals surface area (Å²) in [6, 6.07) is 0. The van der Waals surface area contributed by atoms with Crippen LogP contribution in [0.3, 0.4) is 0 Å². The number of rotatable bonds is 12. The first-order chi connectivity index (χ1) is 12.8. The number of allylic oxidation sites excluding steroid dienone is 2. The Labute approximate surface area is 164 Å². The third kappa shape index (κ3) is 6.27. The van der Waals surface area contributed by atoms with E-state index in [-0.39, 0.29) is 35.4 Å². The fraction of sp³-hybridized carbons (Fsp3) is 0.773. The van der Waals surface area contributed by atoms with E-state index in [4.69, 9.17) is 0 Å². The zero-order valence-corrected chi connectivity index (χ0v) is 17.6. The van der Waals surface area contributed by atoms with Gasteiger partial charge in [-0.25, -0.2) is 0 Å². The van der Waals surface area contributed by atoms with Crippen LogP contribution in [0.25, 0.3) is 0 Å². The van der Waals surface area contributed by atoms with Crippen molar-refractivity contribution < 1.29 is 19.8 Å². The molecule has 0 bridgehead atoms. The van der Waals surface area contributed by atoms with Crippen LogP contribution in [0.15, 0.2) is 16.3 Å². The Morgan fingerprint density at radius 2 is 1.85 bits per heavy atom. The van der Waals surface area contributed by atoms with Gasteiger partial charge in [-0.3, -0.25) is 14.6 Å². The fourth-order valence-corrected chi connectivity index (χ4v) is 3.61. The van der Waals surface area contributed by atoms with Gasteiger partial charge in [0.2, 0.25) is 0 Å². The molecule has 0 aromatic carbocycles. The highest BCUT2D eigenvalue weighted by Gasteiger charge is 2.46. The lowest BCUT2D eigenvalue weighted by Crippen LogP contribution is -2.29. The molecule has 0 fully saturated rings. The van der Waals surface area contributed by atoms with Crippen LogP contribution in [0.4, 0.5) is 0 Å². The van der Waals surface area contributed by atoms with Crippen molar-refractivity contribution in [1.82, 2.24) is 0 Å². The number of Topliss-reactive ketones (excluding diaryl/α,β-unsaturated/α-hetero) is 2. The number of nitrogens with zero attached hydrogens (tertiary/aromatic N) is 1. The topological polar surface area (TPSA) is 87.0 Å². The molecule has 0 heterocycles. The number of unbranched alkanes of at least 4 members (excludes halogenated alkanes) is 1. The van der Waals surface area contributed by atoms with Crippen molar-refractivity contribution in [3.05, 3.63) is 11.3 Å². The van der Waals surface area contributed by atoms with E-state index >= 15 is 0 Å². The molecule has 2 unspecified atom stereocenters. The molecule has 5 nitrogen and oxygen atoms in total. The highest BCUT2D eigenvalue weighted by molar-refractivity contribution is 6.29. The van der Waals surface area contributed by atoms with E-state index in [1.807, 2.05) is 6.92 Å². The fourth-order valence-electron chi connectivity index (χ4n) is 3.61. The van der Waals surface area contributed by atoms with E-state index < -0.39 is 11.8 Å². The molecule has 0 amide bonds. The van der Waals surface area contributed by atoms with E-state index in [2.05, 4.69) is 25.8 Å². The summed E-state index contributed by atoms with van der Waals surface area (Å²) in [5.74, 6) is -1.14. The maximum atomic E-state index is 13.1. The molecule has 3 atom stereocenters. The van der Waals surface area contributed by atoms with Crippen LogP contribution >= 0.6 is 0 Å². The smallest absolute Gasteiger partial charge is 0.179 e. The first-order valence-corrected chi connectivity index (χ1v) is 10.3. The number of carbonyl (C=O) groups is 2. The van der Waals surface area contributed by atoms with Crippen molar-refractivity contribution in [2.75, 3.05) is 13.7 Å². The molecule has 5 heteroatoms. The SMILES string of the molecule is CCCCC(=NC)C1=C(O)C(CC[C@@H](C)CO)C(C(=O)CCC(C)C)C1=O. The largest absolute Gasteiger partial charge is 0.511 e. The standard InChI is InChI=1S/C22H37NO4/c1-6-7-8-17(23-5)20-21(26)16(11-10-15(4)13-24)19(22(20)27)18(25)12-9-14(2)3/h14-16,19,24,26H,6-13H2,1-5H3/t15-,16?,19?/m1/s1. The maximum Gasteiger partial charge on any atom is 0.179 e. The van der Waals surface area contributed by atoms with E-state index in [1.165, 1.54) is 0 Å². The normalized spacial score (nSPS) is 22.0. The van der Waals surface area contributed by atoms with E-state index in [0.717, 1.165) is 19.3 Å². The van der Waals surface area contributed by atoms with Gasteiger partial charge in [-0.1, -0.05) is 34.1 Å². The van der Waals surface area contributed by atoms with Crippen LogP contribution in [0.2, 0.25) is 0 Å². The summed E-state index contributed by atoms with van der Waals surface area (Å²) in [5, 5.41) is 20.2. The lowest BCUT2D eigenvalue weighted by Gasteiger charge is -2.20. The van der Waals surface area contributed by atoms with Crippen LogP contribution < -0.4 is 0 Å². The van der Waals surface area contributed by atoms with Crippen LogP contribution in [-0.2, 0) is 9.59 Å². The predicted octanol–water partition coefficient (Wildman–Crippen LogP) is 4.29. The summed E-state index contributed by atoms with van der Waals surface area (Å²) in [6.07, 6.45) is 4.76. The average molecular weight is 380 g/mol. The van der Waals surface area contributed by atoms with Gasteiger partial charge in [0.05, 0.1) is 11.5 Å². The first-order valence-electron chi connectivity index (χ1n) is 10.3. The third-order valence-electron chi connectivity index (χ3n) is 5.46. The van der Waals surface area contributed by atoms with Gasteiger partial charge in [0.1, 0.15) is 11.5 Å². The summed E-state index contributed by atoms with van der Waals surface area (Å²) < 4.78 is 0. The van der Waals surface area contributed by atoms with Crippen LogP contribution in [0.1, 0.15) is 72.6 Å².